The van der Waals surface area contributed by atoms with Crippen molar-refractivity contribution in [1.29, 1.82) is 0 Å². The molecule has 0 aliphatic rings. The summed E-state index contributed by atoms with van der Waals surface area (Å²) in [6.45, 7) is 6.74. The molecule has 0 radical (unpaired) electrons. The number of hydrogen-bond donors (Lipinski definition) is 1. The summed E-state index contributed by atoms with van der Waals surface area (Å²) in [5.74, 6) is 0.227. The monoisotopic (exact) mass is 474 g/mol. The molecule has 0 saturated carbocycles. The molecule has 0 aliphatic heterocycles. The van der Waals surface area contributed by atoms with Gasteiger partial charge in [0.2, 0.25) is 5.91 Å². The molecule has 0 aliphatic carbocycles. The van der Waals surface area contributed by atoms with E-state index in [1.807, 2.05) is 48.5 Å². The van der Waals surface area contributed by atoms with Gasteiger partial charge in [-0.1, -0.05) is 56.7 Å². The van der Waals surface area contributed by atoms with Crippen LogP contribution in [0, 0.1) is 0 Å². The lowest BCUT2D eigenvalue weighted by Crippen LogP contribution is -2.49. The molecule has 30 heavy (non-hydrogen) atoms. The lowest BCUT2D eigenvalue weighted by Gasteiger charge is -2.28. The van der Waals surface area contributed by atoms with E-state index >= 15 is 0 Å². The third-order valence-corrected chi connectivity index (χ3v) is 5.57. The highest BCUT2D eigenvalue weighted by Crippen LogP contribution is 2.26. The zero-order valence-corrected chi connectivity index (χ0v) is 19.6. The van der Waals surface area contributed by atoms with Crippen molar-refractivity contribution in [1.82, 2.24) is 10.2 Å². The molecule has 6 heteroatoms. The van der Waals surface area contributed by atoms with Crippen LogP contribution in [0.15, 0.2) is 53.0 Å². The number of rotatable bonds is 11. The molecule has 2 aromatic carbocycles. The van der Waals surface area contributed by atoms with E-state index in [-0.39, 0.29) is 18.4 Å². The van der Waals surface area contributed by atoms with E-state index in [0.717, 1.165) is 29.3 Å². The van der Waals surface area contributed by atoms with Gasteiger partial charge in [-0.25, -0.2) is 0 Å². The fraction of sp³-hybridized carbons (Fsp3) is 0.417. The predicted molar refractivity (Wildman–Crippen MR) is 123 cm³/mol. The van der Waals surface area contributed by atoms with Crippen molar-refractivity contribution in [2.24, 2.45) is 0 Å². The van der Waals surface area contributed by atoms with Crippen molar-refractivity contribution in [2.45, 2.75) is 52.6 Å². The van der Waals surface area contributed by atoms with Crippen LogP contribution in [-0.2, 0) is 22.6 Å². The van der Waals surface area contributed by atoms with Crippen LogP contribution in [0.1, 0.15) is 44.7 Å². The Morgan fingerprint density at radius 2 is 1.83 bits per heavy atom. The highest BCUT2D eigenvalue weighted by molar-refractivity contribution is 9.10. The van der Waals surface area contributed by atoms with Crippen LogP contribution >= 0.6 is 15.9 Å². The summed E-state index contributed by atoms with van der Waals surface area (Å²) in [4.78, 5) is 27.2. The molecule has 1 atom stereocenters. The number of hydrogen-bond acceptors (Lipinski definition) is 3. The van der Waals surface area contributed by atoms with E-state index in [2.05, 4.69) is 35.1 Å². The minimum atomic E-state index is -0.593. The molecule has 0 unspecified atom stereocenters. The Kier molecular flexibility index (Phi) is 9.87. The Labute approximate surface area is 187 Å². The molecule has 1 N–H and O–H groups in total. The highest BCUT2D eigenvalue weighted by atomic mass is 79.9. The Balaban J connectivity index is 2.10. The second kappa shape index (κ2) is 12.4. The van der Waals surface area contributed by atoms with Gasteiger partial charge in [0.15, 0.2) is 6.61 Å². The summed E-state index contributed by atoms with van der Waals surface area (Å²) in [6.07, 6.45) is 2.84. The molecule has 0 bridgehead atoms. The first kappa shape index (κ1) is 23.9. The number of nitrogens with zero attached hydrogens (tertiary/aromatic N) is 1. The van der Waals surface area contributed by atoms with Gasteiger partial charge >= 0.3 is 0 Å². The number of unbranched alkanes of at least 4 members (excludes halogenated alkanes) is 1. The molecule has 2 rings (SSSR count). The summed E-state index contributed by atoms with van der Waals surface area (Å²) in [5, 5.41) is 2.92. The first-order valence-electron chi connectivity index (χ1n) is 10.5. The summed E-state index contributed by atoms with van der Waals surface area (Å²) < 4.78 is 6.59. The van der Waals surface area contributed by atoms with E-state index in [1.165, 1.54) is 5.56 Å². The van der Waals surface area contributed by atoms with Gasteiger partial charge in [-0.2, -0.15) is 0 Å². The smallest absolute Gasteiger partial charge is 0.261 e. The summed E-state index contributed by atoms with van der Waals surface area (Å²) in [5.41, 5.74) is 2.15. The van der Waals surface area contributed by atoms with Crippen LogP contribution < -0.4 is 10.1 Å². The normalized spacial score (nSPS) is 11.6. The number of carbonyl (C=O) groups excluding carboxylic acids is 2. The Hall–Kier alpha value is -2.34. The standard InChI is InChI=1S/C24H31BrN2O3/c1-4-6-14-26-24(29)18(3)27(16-20-10-8-7-9-11-20)23(28)17-30-22-13-12-19(5-2)15-21(22)25/h7-13,15,18H,4-6,14,16-17H2,1-3H3,(H,26,29)/t18-/m0/s1. The van der Waals surface area contributed by atoms with Gasteiger partial charge in [-0.05, 0) is 59.0 Å². The van der Waals surface area contributed by atoms with Gasteiger partial charge in [-0.3, -0.25) is 9.59 Å². The zero-order chi connectivity index (χ0) is 21.9. The number of carbonyl (C=O) groups is 2. The molecule has 0 spiro atoms. The van der Waals surface area contributed by atoms with Crippen LogP contribution in [0.3, 0.4) is 0 Å². The fourth-order valence-corrected chi connectivity index (χ4v) is 3.54. The van der Waals surface area contributed by atoms with E-state index < -0.39 is 6.04 Å². The van der Waals surface area contributed by atoms with Crippen molar-refractivity contribution in [3.8, 4) is 5.75 Å². The van der Waals surface area contributed by atoms with Crippen molar-refractivity contribution >= 4 is 27.7 Å². The van der Waals surface area contributed by atoms with Crippen molar-refractivity contribution in [3.05, 3.63) is 64.1 Å². The number of aryl methyl sites for hydroxylation is 1. The summed E-state index contributed by atoms with van der Waals surface area (Å²) in [6, 6.07) is 14.9. The number of ether oxygens (including phenoxy) is 1. The van der Waals surface area contributed by atoms with Gasteiger partial charge in [0.1, 0.15) is 11.8 Å². The molecule has 5 nitrogen and oxygen atoms in total. The van der Waals surface area contributed by atoms with E-state index in [4.69, 9.17) is 4.74 Å². The van der Waals surface area contributed by atoms with Crippen molar-refractivity contribution in [3.63, 3.8) is 0 Å². The van der Waals surface area contributed by atoms with Crippen LogP contribution in [0.5, 0.6) is 5.75 Å². The molecule has 0 aromatic heterocycles. The molecule has 0 heterocycles. The van der Waals surface area contributed by atoms with Gasteiger partial charge in [-0.15, -0.1) is 0 Å². The average Bonchev–Trinajstić information content (AvgIpc) is 2.76. The lowest BCUT2D eigenvalue weighted by molar-refractivity contribution is -0.142. The molecule has 2 amide bonds. The van der Waals surface area contributed by atoms with Crippen LogP contribution in [0.25, 0.3) is 0 Å². The van der Waals surface area contributed by atoms with E-state index in [1.54, 1.807) is 11.8 Å². The third kappa shape index (κ3) is 7.17. The van der Waals surface area contributed by atoms with E-state index in [0.29, 0.717) is 18.8 Å². The fourth-order valence-electron chi connectivity index (χ4n) is 3.00. The van der Waals surface area contributed by atoms with Crippen LogP contribution in [0.4, 0.5) is 0 Å². The highest BCUT2D eigenvalue weighted by Gasteiger charge is 2.26. The predicted octanol–water partition coefficient (Wildman–Crippen LogP) is 4.72. The molecular weight excluding hydrogens is 444 g/mol. The Morgan fingerprint density at radius 1 is 1.10 bits per heavy atom. The largest absolute Gasteiger partial charge is 0.483 e. The number of amides is 2. The Bertz CT molecular complexity index is 826. The number of benzene rings is 2. The quantitative estimate of drug-likeness (QED) is 0.479. The first-order valence-corrected chi connectivity index (χ1v) is 11.3. The zero-order valence-electron chi connectivity index (χ0n) is 18.0. The number of halogens is 1. The van der Waals surface area contributed by atoms with Crippen molar-refractivity contribution < 1.29 is 14.3 Å². The summed E-state index contributed by atoms with van der Waals surface area (Å²) in [7, 11) is 0. The first-order chi connectivity index (χ1) is 14.5. The maximum Gasteiger partial charge on any atom is 0.261 e. The van der Waals surface area contributed by atoms with E-state index in [9.17, 15) is 9.59 Å². The topological polar surface area (TPSA) is 58.6 Å². The maximum absolute atomic E-state index is 13.0. The molecule has 2 aromatic rings. The van der Waals surface area contributed by atoms with Gasteiger partial charge < -0.3 is 15.0 Å². The minimum Gasteiger partial charge on any atom is -0.483 e. The Morgan fingerprint density at radius 3 is 2.47 bits per heavy atom. The molecule has 162 valence electrons. The lowest BCUT2D eigenvalue weighted by atomic mass is 10.1. The van der Waals surface area contributed by atoms with Gasteiger partial charge in [0, 0.05) is 13.1 Å². The van der Waals surface area contributed by atoms with Crippen LogP contribution in [-0.4, -0.2) is 35.9 Å². The maximum atomic E-state index is 13.0. The van der Waals surface area contributed by atoms with Gasteiger partial charge in [0.05, 0.1) is 4.47 Å². The minimum absolute atomic E-state index is 0.135. The second-order valence-corrected chi connectivity index (χ2v) is 8.09. The third-order valence-electron chi connectivity index (χ3n) is 4.95. The summed E-state index contributed by atoms with van der Waals surface area (Å²) >= 11 is 3.50. The SMILES string of the molecule is CCCCNC(=O)[C@H](C)N(Cc1ccccc1)C(=O)COc1ccc(CC)cc1Br. The number of nitrogens with one attached hydrogen (secondary N) is 1. The van der Waals surface area contributed by atoms with Crippen molar-refractivity contribution in [2.75, 3.05) is 13.2 Å². The molecule has 0 saturated heterocycles. The average molecular weight is 475 g/mol. The molecule has 0 fully saturated rings. The van der Waals surface area contributed by atoms with Gasteiger partial charge in [0.25, 0.3) is 5.91 Å². The molecular formula is C24H31BrN2O3. The second-order valence-electron chi connectivity index (χ2n) is 7.23. The van der Waals surface area contributed by atoms with Crippen LogP contribution in [0.2, 0.25) is 0 Å².